The molecule has 2 rings (SSSR count). The van der Waals surface area contributed by atoms with Crippen molar-refractivity contribution < 1.29 is 0 Å². The van der Waals surface area contributed by atoms with Crippen molar-refractivity contribution in [2.45, 2.75) is 0 Å². The number of nitrogens with two attached hydrogens (primary N) is 1. The lowest BCUT2D eigenvalue weighted by molar-refractivity contribution is 1.10. The summed E-state index contributed by atoms with van der Waals surface area (Å²) in [5.74, 6) is 0. The monoisotopic (exact) mass is 243 g/mol. The number of rotatable bonds is 1. The molecule has 0 aromatic carbocycles. The number of hydrogen-bond acceptors (Lipinski definition) is 3. The average Bonchev–Trinajstić information content (AvgIpc) is 2.59. The van der Waals surface area contributed by atoms with Gasteiger partial charge in [-0.3, -0.25) is 5.10 Å². The first kappa shape index (κ1) is 7.82. The topological polar surface area (TPSA) is 54.7 Å². The van der Waals surface area contributed by atoms with E-state index in [0.29, 0.717) is 5.69 Å². The third-order valence-electron chi connectivity index (χ3n) is 1.51. The van der Waals surface area contributed by atoms with Crippen molar-refractivity contribution in [3.8, 4) is 10.6 Å². The van der Waals surface area contributed by atoms with Gasteiger partial charge in [-0.15, -0.1) is 11.3 Å². The summed E-state index contributed by atoms with van der Waals surface area (Å²) in [5, 5.41) is 8.71. The predicted molar refractivity (Wildman–Crippen MR) is 54.0 cm³/mol. The van der Waals surface area contributed by atoms with Gasteiger partial charge in [0.25, 0.3) is 0 Å². The van der Waals surface area contributed by atoms with Crippen LogP contribution in [-0.4, -0.2) is 10.2 Å². The van der Waals surface area contributed by atoms with Gasteiger partial charge in [0.15, 0.2) is 0 Å². The lowest BCUT2D eigenvalue weighted by Gasteiger charge is -1.94. The molecule has 0 saturated heterocycles. The summed E-state index contributed by atoms with van der Waals surface area (Å²) in [6.07, 6.45) is 1.61. The number of nitrogens with zero attached hydrogens (tertiary/aromatic N) is 1. The van der Waals surface area contributed by atoms with Crippen molar-refractivity contribution >= 4 is 33.0 Å². The number of aromatic amines is 1. The number of aromatic nitrogens is 2. The molecule has 0 saturated carbocycles. The Labute approximate surface area is 81.7 Å². The Hall–Kier alpha value is -0.810. The van der Waals surface area contributed by atoms with Gasteiger partial charge >= 0.3 is 0 Å². The molecule has 12 heavy (non-hydrogen) atoms. The number of hydrogen-bond donors (Lipinski definition) is 2. The van der Waals surface area contributed by atoms with Crippen LogP contribution in [0.4, 0.5) is 5.69 Å². The number of H-pyrrole nitrogens is 1. The minimum Gasteiger partial charge on any atom is -0.396 e. The van der Waals surface area contributed by atoms with Gasteiger partial charge in [-0.2, -0.15) is 5.10 Å². The summed E-state index contributed by atoms with van der Waals surface area (Å²) in [4.78, 5) is 1.09. The minimum absolute atomic E-state index is 0.679. The molecule has 0 aliphatic carbocycles. The summed E-state index contributed by atoms with van der Waals surface area (Å²) in [6.45, 7) is 0. The van der Waals surface area contributed by atoms with Crippen molar-refractivity contribution in [3.05, 3.63) is 22.1 Å². The number of thiophene rings is 1. The van der Waals surface area contributed by atoms with Crippen molar-refractivity contribution in [2.24, 2.45) is 0 Å². The van der Waals surface area contributed by atoms with Gasteiger partial charge in [0.1, 0.15) is 0 Å². The molecule has 2 aromatic rings. The summed E-state index contributed by atoms with van der Waals surface area (Å²) >= 11 is 5.05. The van der Waals surface area contributed by atoms with Crippen molar-refractivity contribution in [3.63, 3.8) is 0 Å². The van der Waals surface area contributed by atoms with E-state index >= 15 is 0 Å². The van der Waals surface area contributed by atoms with Crippen LogP contribution >= 0.6 is 27.3 Å². The maximum absolute atomic E-state index is 5.69. The van der Waals surface area contributed by atoms with Crippen molar-refractivity contribution in [1.82, 2.24) is 10.2 Å². The Balaban J connectivity index is 2.57. The highest BCUT2D eigenvalue weighted by atomic mass is 79.9. The lowest BCUT2D eigenvalue weighted by atomic mass is 10.3. The summed E-state index contributed by atoms with van der Waals surface area (Å²) in [6, 6.07) is 1.99. The zero-order chi connectivity index (χ0) is 8.55. The maximum Gasteiger partial charge on any atom is 0.0991 e. The van der Waals surface area contributed by atoms with Crippen LogP contribution in [0.2, 0.25) is 0 Å². The molecule has 2 aromatic heterocycles. The van der Waals surface area contributed by atoms with E-state index in [9.17, 15) is 0 Å². The first-order valence-electron chi connectivity index (χ1n) is 3.31. The smallest absolute Gasteiger partial charge is 0.0991 e. The fraction of sp³-hybridized carbons (Fsp3) is 0. The molecule has 3 nitrogen and oxygen atoms in total. The van der Waals surface area contributed by atoms with Crippen LogP contribution in [0.3, 0.4) is 0 Å². The Kier molecular flexibility index (Phi) is 1.90. The zero-order valence-corrected chi connectivity index (χ0v) is 8.45. The molecule has 0 aliphatic rings. The largest absolute Gasteiger partial charge is 0.396 e. The van der Waals surface area contributed by atoms with Gasteiger partial charge in [-0.25, -0.2) is 0 Å². The van der Waals surface area contributed by atoms with E-state index in [2.05, 4.69) is 26.1 Å². The van der Waals surface area contributed by atoms with Gasteiger partial charge in [0, 0.05) is 4.47 Å². The van der Waals surface area contributed by atoms with E-state index in [1.807, 2.05) is 11.4 Å². The quantitative estimate of drug-likeness (QED) is 0.809. The molecule has 0 radical (unpaired) electrons. The third-order valence-corrected chi connectivity index (χ3v) is 3.37. The van der Waals surface area contributed by atoms with Crippen LogP contribution in [0.1, 0.15) is 0 Å². The molecular formula is C7H6BrN3S. The van der Waals surface area contributed by atoms with E-state index in [0.717, 1.165) is 15.0 Å². The van der Waals surface area contributed by atoms with Crippen LogP contribution in [0.5, 0.6) is 0 Å². The molecule has 0 atom stereocenters. The fourth-order valence-electron chi connectivity index (χ4n) is 0.949. The van der Waals surface area contributed by atoms with Crippen molar-refractivity contribution in [1.29, 1.82) is 0 Å². The van der Waals surface area contributed by atoms with Crippen LogP contribution in [0, 0.1) is 0 Å². The van der Waals surface area contributed by atoms with E-state index in [4.69, 9.17) is 5.73 Å². The van der Waals surface area contributed by atoms with E-state index < -0.39 is 0 Å². The third kappa shape index (κ3) is 1.15. The number of anilines is 1. The van der Waals surface area contributed by atoms with Gasteiger partial charge in [0.05, 0.1) is 22.5 Å². The Morgan fingerprint density at radius 2 is 2.42 bits per heavy atom. The summed E-state index contributed by atoms with van der Waals surface area (Å²) < 4.78 is 1.04. The Morgan fingerprint density at radius 1 is 1.58 bits per heavy atom. The highest BCUT2D eigenvalue weighted by molar-refractivity contribution is 9.10. The second kappa shape index (κ2) is 2.91. The molecule has 0 spiro atoms. The first-order valence-corrected chi connectivity index (χ1v) is 4.98. The second-order valence-corrected chi connectivity index (χ2v) is 4.07. The van der Waals surface area contributed by atoms with Crippen molar-refractivity contribution in [2.75, 3.05) is 5.73 Å². The molecule has 2 heterocycles. The Morgan fingerprint density at radius 3 is 2.92 bits per heavy atom. The molecule has 0 aliphatic heterocycles. The fourth-order valence-corrected chi connectivity index (χ4v) is 2.54. The van der Waals surface area contributed by atoms with Gasteiger partial charge in [-0.1, -0.05) is 0 Å². The average molecular weight is 244 g/mol. The highest BCUT2D eigenvalue weighted by Crippen LogP contribution is 2.34. The summed E-state index contributed by atoms with van der Waals surface area (Å²) in [5.41, 5.74) is 7.26. The highest BCUT2D eigenvalue weighted by Gasteiger charge is 2.08. The molecule has 0 fully saturated rings. The van der Waals surface area contributed by atoms with Gasteiger partial charge in [0.2, 0.25) is 0 Å². The zero-order valence-electron chi connectivity index (χ0n) is 6.04. The normalized spacial score (nSPS) is 10.4. The minimum atomic E-state index is 0.679. The van der Waals surface area contributed by atoms with Gasteiger partial charge in [-0.05, 0) is 27.4 Å². The predicted octanol–water partition coefficient (Wildman–Crippen LogP) is 2.48. The van der Waals surface area contributed by atoms with E-state index in [-0.39, 0.29) is 0 Å². The molecular weight excluding hydrogens is 238 g/mol. The SMILES string of the molecule is Nc1cn[nH]c1-c1sccc1Br. The molecule has 3 N–H and O–H groups in total. The van der Waals surface area contributed by atoms with E-state index in [1.165, 1.54) is 0 Å². The molecule has 0 unspecified atom stereocenters. The number of halogens is 1. The second-order valence-electron chi connectivity index (χ2n) is 2.30. The Bertz CT molecular complexity index is 355. The van der Waals surface area contributed by atoms with Crippen LogP contribution in [-0.2, 0) is 0 Å². The van der Waals surface area contributed by atoms with E-state index in [1.54, 1.807) is 17.5 Å². The standard InChI is InChI=1S/C7H6BrN3S/c8-4-1-2-12-7(4)6-5(9)3-10-11-6/h1-3H,9H2,(H,10,11). The lowest BCUT2D eigenvalue weighted by Crippen LogP contribution is -1.84. The first-order chi connectivity index (χ1) is 5.79. The maximum atomic E-state index is 5.69. The molecule has 0 bridgehead atoms. The van der Waals surface area contributed by atoms with Gasteiger partial charge < -0.3 is 5.73 Å². The van der Waals surface area contributed by atoms with Crippen LogP contribution < -0.4 is 5.73 Å². The van der Waals surface area contributed by atoms with Crippen LogP contribution in [0.15, 0.2) is 22.1 Å². The molecule has 62 valence electrons. The van der Waals surface area contributed by atoms with Crippen LogP contribution in [0.25, 0.3) is 10.6 Å². The molecule has 0 amide bonds. The molecule has 5 heteroatoms. The summed E-state index contributed by atoms with van der Waals surface area (Å²) in [7, 11) is 0. The number of nitrogen functional groups attached to an aromatic ring is 1. The number of nitrogens with one attached hydrogen (secondary N) is 1.